The van der Waals surface area contributed by atoms with Crippen molar-refractivity contribution in [3.63, 3.8) is 0 Å². The fourth-order valence-corrected chi connectivity index (χ4v) is 3.69. The molecule has 5 heteroatoms. The van der Waals surface area contributed by atoms with Gasteiger partial charge in [0.2, 0.25) is 0 Å². The van der Waals surface area contributed by atoms with E-state index in [0.717, 1.165) is 34.6 Å². The fourth-order valence-electron chi connectivity index (χ4n) is 1.86. The van der Waals surface area contributed by atoms with Gasteiger partial charge in [-0.25, -0.2) is 4.98 Å². The second-order valence-electron chi connectivity index (χ2n) is 4.47. The summed E-state index contributed by atoms with van der Waals surface area (Å²) in [5.41, 5.74) is 3.60. The molecular weight excluding hydrogens is 288 g/mol. The highest BCUT2D eigenvalue weighted by molar-refractivity contribution is 8.00. The summed E-state index contributed by atoms with van der Waals surface area (Å²) in [6.07, 6.45) is 0. The maximum absolute atomic E-state index is 5.45. The predicted octanol–water partition coefficient (Wildman–Crippen LogP) is 3.86. The van der Waals surface area contributed by atoms with E-state index in [-0.39, 0.29) is 0 Å². The minimum absolute atomic E-state index is 0.885. The van der Waals surface area contributed by atoms with Crippen molar-refractivity contribution in [2.75, 3.05) is 13.7 Å². The van der Waals surface area contributed by atoms with Gasteiger partial charge in [0.1, 0.15) is 10.1 Å². The Balaban J connectivity index is 2.07. The lowest BCUT2D eigenvalue weighted by atomic mass is 10.1. The average molecular weight is 308 g/mol. The molecule has 0 fully saturated rings. The number of thiazole rings is 1. The molecule has 20 heavy (non-hydrogen) atoms. The van der Waals surface area contributed by atoms with E-state index in [2.05, 4.69) is 40.8 Å². The van der Waals surface area contributed by atoms with Gasteiger partial charge in [-0.2, -0.15) is 0 Å². The Morgan fingerprint density at radius 1 is 1.40 bits per heavy atom. The summed E-state index contributed by atoms with van der Waals surface area (Å²) < 4.78 is 6.56. The van der Waals surface area contributed by atoms with E-state index < -0.39 is 0 Å². The van der Waals surface area contributed by atoms with Crippen LogP contribution >= 0.6 is 23.1 Å². The van der Waals surface area contributed by atoms with Crippen molar-refractivity contribution in [1.29, 1.82) is 0 Å². The van der Waals surface area contributed by atoms with Crippen molar-refractivity contribution in [2.45, 2.75) is 30.5 Å². The van der Waals surface area contributed by atoms with Crippen LogP contribution in [0.4, 0.5) is 0 Å². The summed E-state index contributed by atoms with van der Waals surface area (Å²) in [7, 11) is 1.72. The van der Waals surface area contributed by atoms with Crippen LogP contribution in [0.5, 0.6) is 5.75 Å². The normalized spacial score (nSPS) is 10.8. The number of thioether (sulfide) groups is 1. The zero-order valence-corrected chi connectivity index (χ0v) is 13.7. The van der Waals surface area contributed by atoms with Crippen LogP contribution in [0.1, 0.15) is 23.7 Å². The molecule has 0 aliphatic rings. The number of benzene rings is 1. The van der Waals surface area contributed by atoms with E-state index >= 15 is 0 Å². The number of hydrogen-bond donors (Lipinski definition) is 1. The largest absolute Gasteiger partial charge is 0.496 e. The Morgan fingerprint density at radius 2 is 2.25 bits per heavy atom. The van der Waals surface area contributed by atoms with Crippen LogP contribution < -0.4 is 10.1 Å². The Hall–Kier alpha value is -1.04. The summed E-state index contributed by atoms with van der Waals surface area (Å²) in [4.78, 5) is 4.48. The van der Waals surface area contributed by atoms with Gasteiger partial charge in [0.05, 0.1) is 7.11 Å². The van der Waals surface area contributed by atoms with Crippen molar-refractivity contribution in [2.24, 2.45) is 0 Å². The third-order valence-electron chi connectivity index (χ3n) is 2.87. The van der Waals surface area contributed by atoms with Gasteiger partial charge in [-0.1, -0.05) is 24.8 Å². The lowest BCUT2D eigenvalue weighted by Crippen LogP contribution is -2.11. The number of hydrogen-bond acceptors (Lipinski definition) is 5. The molecule has 1 N–H and O–H groups in total. The van der Waals surface area contributed by atoms with E-state index in [9.17, 15) is 0 Å². The lowest BCUT2D eigenvalue weighted by Gasteiger charge is -2.10. The van der Waals surface area contributed by atoms with Crippen molar-refractivity contribution in [1.82, 2.24) is 10.3 Å². The molecule has 0 amide bonds. The monoisotopic (exact) mass is 308 g/mol. The fraction of sp³-hybridized carbons (Fsp3) is 0.400. The Kier molecular flexibility index (Phi) is 5.88. The highest BCUT2D eigenvalue weighted by Gasteiger charge is 2.07. The van der Waals surface area contributed by atoms with Crippen molar-refractivity contribution in [3.8, 4) is 5.75 Å². The van der Waals surface area contributed by atoms with Gasteiger partial charge >= 0.3 is 0 Å². The molecule has 0 bridgehead atoms. The molecule has 0 radical (unpaired) electrons. The molecule has 1 aromatic heterocycles. The molecular formula is C15H20N2OS2. The van der Waals surface area contributed by atoms with Crippen LogP contribution in [-0.4, -0.2) is 18.6 Å². The van der Waals surface area contributed by atoms with Crippen LogP contribution in [-0.2, 0) is 12.3 Å². The van der Waals surface area contributed by atoms with Gasteiger partial charge < -0.3 is 10.1 Å². The molecule has 0 aliphatic heterocycles. The molecule has 108 valence electrons. The van der Waals surface area contributed by atoms with Crippen LogP contribution in [0.15, 0.2) is 27.9 Å². The SMILES string of the molecule is CCNCc1ccc(OC)c(CSc2nc(C)cs2)c1. The molecule has 1 heterocycles. The van der Waals surface area contributed by atoms with Gasteiger partial charge in [-0.15, -0.1) is 11.3 Å². The van der Waals surface area contributed by atoms with Crippen molar-refractivity contribution >= 4 is 23.1 Å². The smallest absolute Gasteiger partial charge is 0.150 e. The van der Waals surface area contributed by atoms with E-state index in [0.29, 0.717) is 0 Å². The minimum Gasteiger partial charge on any atom is -0.496 e. The standard InChI is InChI=1S/C15H20N2OS2/c1-4-16-8-12-5-6-14(18-3)13(7-12)10-20-15-17-11(2)9-19-15/h5-7,9,16H,4,8,10H2,1-3H3. The quantitative estimate of drug-likeness (QED) is 0.788. The van der Waals surface area contributed by atoms with Gasteiger partial charge in [-0.05, 0) is 31.2 Å². The number of methoxy groups -OCH3 is 1. The molecule has 2 aromatic rings. The molecule has 0 aliphatic carbocycles. The van der Waals surface area contributed by atoms with Gasteiger partial charge in [0.25, 0.3) is 0 Å². The Morgan fingerprint density at radius 3 is 2.90 bits per heavy atom. The zero-order valence-electron chi connectivity index (χ0n) is 12.1. The van der Waals surface area contributed by atoms with Gasteiger partial charge in [0, 0.05) is 28.9 Å². The lowest BCUT2D eigenvalue weighted by molar-refractivity contribution is 0.411. The van der Waals surface area contributed by atoms with Crippen molar-refractivity contribution < 1.29 is 4.74 Å². The first-order valence-electron chi connectivity index (χ1n) is 6.64. The van der Waals surface area contributed by atoms with Crippen LogP contribution in [0.25, 0.3) is 0 Å². The minimum atomic E-state index is 0.885. The van der Waals surface area contributed by atoms with Gasteiger partial charge in [0.15, 0.2) is 0 Å². The van der Waals surface area contributed by atoms with E-state index in [1.165, 1.54) is 11.1 Å². The molecule has 0 unspecified atom stereocenters. The molecule has 3 nitrogen and oxygen atoms in total. The van der Waals surface area contributed by atoms with Gasteiger partial charge in [-0.3, -0.25) is 0 Å². The molecule has 0 saturated heterocycles. The third kappa shape index (κ3) is 4.23. The summed E-state index contributed by atoms with van der Waals surface area (Å²) in [6, 6.07) is 6.38. The average Bonchev–Trinajstić information content (AvgIpc) is 2.88. The van der Waals surface area contributed by atoms with Crippen molar-refractivity contribution in [3.05, 3.63) is 40.4 Å². The second kappa shape index (κ2) is 7.67. The number of ether oxygens (including phenoxy) is 1. The third-order valence-corrected chi connectivity index (χ3v) is 5.06. The highest BCUT2D eigenvalue weighted by Crippen LogP contribution is 2.30. The maximum Gasteiger partial charge on any atom is 0.150 e. The molecule has 0 atom stereocenters. The first-order valence-corrected chi connectivity index (χ1v) is 8.51. The zero-order chi connectivity index (χ0) is 14.4. The highest BCUT2D eigenvalue weighted by atomic mass is 32.2. The number of rotatable bonds is 7. The second-order valence-corrected chi connectivity index (χ2v) is 6.55. The Labute approximate surface area is 128 Å². The van der Waals surface area contributed by atoms with E-state index in [4.69, 9.17) is 4.74 Å². The van der Waals surface area contributed by atoms with Crippen LogP contribution in [0.3, 0.4) is 0 Å². The molecule has 0 saturated carbocycles. The predicted molar refractivity (Wildman–Crippen MR) is 86.8 cm³/mol. The first kappa shape index (κ1) is 15.4. The summed E-state index contributed by atoms with van der Waals surface area (Å²) in [5, 5.41) is 5.43. The molecule has 0 spiro atoms. The number of nitrogens with one attached hydrogen (secondary N) is 1. The molecule has 2 rings (SSSR count). The van der Waals surface area contributed by atoms with Crippen LogP contribution in [0.2, 0.25) is 0 Å². The number of aryl methyl sites for hydroxylation is 1. The topological polar surface area (TPSA) is 34.1 Å². The Bertz CT molecular complexity index is 555. The first-order chi connectivity index (χ1) is 9.72. The number of aromatic nitrogens is 1. The summed E-state index contributed by atoms with van der Waals surface area (Å²) in [5.74, 6) is 1.84. The summed E-state index contributed by atoms with van der Waals surface area (Å²) >= 11 is 3.46. The van der Waals surface area contributed by atoms with E-state index in [1.54, 1.807) is 30.2 Å². The molecule has 1 aromatic carbocycles. The van der Waals surface area contributed by atoms with Crippen LogP contribution in [0, 0.1) is 6.92 Å². The van der Waals surface area contributed by atoms with E-state index in [1.807, 2.05) is 6.92 Å². The summed E-state index contributed by atoms with van der Waals surface area (Å²) in [6.45, 7) is 6.02. The number of nitrogens with zero attached hydrogens (tertiary/aromatic N) is 1. The maximum atomic E-state index is 5.45.